The number of anilines is 2. The monoisotopic (exact) mass is 222 g/mol. The van der Waals surface area contributed by atoms with Crippen LogP contribution in [0.4, 0.5) is 11.4 Å². The van der Waals surface area contributed by atoms with Gasteiger partial charge in [0.05, 0.1) is 6.10 Å². The second kappa shape index (κ2) is 5.75. The van der Waals surface area contributed by atoms with Crippen LogP contribution in [-0.4, -0.2) is 17.8 Å². The zero-order valence-corrected chi connectivity index (χ0v) is 10.3. The van der Waals surface area contributed by atoms with Crippen molar-refractivity contribution in [1.82, 2.24) is 0 Å². The van der Waals surface area contributed by atoms with Crippen LogP contribution in [0.25, 0.3) is 0 Å². The number of nitrogens with one attached hydrogen (secondary N) is 1. The second-order valence-corrected chi connectivity index (χ2v) is 4.74. The van der Waals surface area contributed by atoms with E-state index in [1.165, 1.54) is 0 Å². The van der Waals surface area contributed by atoms with Gasteiger partial charge in [-0.1, -0.05) is 13.8 Å². The molecule has 0 fully saturated rings. The summed E-state index contributed by atoms with van der Waals surface area (Å²) in [6.07, 6.45) is 0.527. The predicted molar refractivity (Wildman–Crippen MR) is 69.5 cm³/mol. The lowest BCUT2D eigenvalue weighted by Crippen LogP contribution is -2.21. The molecule has 4 N–H and O–H groups in total. The maximum Gasteiger partial charge on any atom is 0.0715 e. The molecule has 0 aliphatic rings. The van der Waals surface area contributed by atoms with Crippen molar-refractivity contribution in [2.24, 2.45) is 5.92 Å². The minimum atomic E-state index is -0.294. The molecule has 3 nitrogen and oxygen atoms in total. The summed E-state index contributed by atoms with van der Waals surface area (Å²) in [6.45, 7) is 6.78. The van der Waals surface area contributed by atoms with Crippen molar-refractivity contribution in [3.8, 4) is 0 Å². The standard InChI is InChI=1S/C13H22N2O/c1-9(2)6-12(16)8-15-11-4-5-13(14)10(3)7-11/h4-5,7,9,12,15-16H,6,8,14H2,1-3H3. The molecule has 0 aliphatic heterocycles. The fourth-order valence-corrected chi connectivity index (χ4v) is 1.65. The Hall–Kier alpha value is -1.22. The van der Waals surface area contributed by atoms with Crippen molar-refractivity contribution in [2.45, 2.75) is 33.3 Å². The molecule has 0 radical (unpaired) electrons. The van der Waals surface area contributed by atoms with Crippen LogP contribution in [0.1, 0.15) is 25.8 Å². The highest BCUT2D eigenvalue weighted by Gasteiger charge is 2.06. The van der Waals surface area contributed by atoms with Crippen molar-refractivity contribution in [2.75, 3.05) is 17.6 Å². The number of nitrogen functional groups attached to an aromatic ring is 1. The number of aliphatic hydroxyl groups is 1. The molecule has 0 bridgehead atoms. The van der Waals surface area contributed by atoms with E-state index in [9.17, 15) is 5.11 Å². The summed E-state index contributed by atoms with van der Waals surface area (Å²) < 4.78 is 0. The van der Waals surface area contributed by atoms with Gasteiger partial charge >= 0.3 is 0 Å². The third-order valence-electron chi connectivity index (χ3n) is 2.56. The summed E-state index contributed by atoms with van der Waals surface area (Å²) >= 11 is 0. The van der Waals surface area contributed by atoms with Gasteiger partial charge in [0.1, 0.15) is 0 Å². The summed E-state index contributed by atoms with van der Waals surface area (Å²) in [5.74, 6) is 0.518. The number of benzene rings is 1. The Labute approximate surface area is 97.7 Å². The van der Waals surface area contributed by atoms with Crippen molar-refractivity contribution >= 4 is 11.4 Å². The van der Waals surface area contributed by atoms with Crippen LogP contribution in [0, 0.1) is 12.8 Å². The fourth-order valence-electron chi connectivity index (χ4n) is 1.65. The molecule has 1 unspecified atom stereocenters. The van der Waals surface area contributed by atoms with Gasteiger partial charge in [0.25, 0.3) is 0 Å². The first kappa shape index (κ1) is 12.8. The lowest BCUT2D eigenvalue weighted by atomic mass is 10.1. The average Bonchev–Trinajstić information content (AvgIpc) is 2.19. The maximum absolute atomic E-state index is 9.72. The normalized spacial score (nSPS) is 12.8. The van der Waals surface area contributed by atoms with Crippen LogP contribution in [0.2, 0.25) is 0 Å². The van der Waals surface area contributed by atoms with Gasteiger partial charge in [0, 0.05) is 17.9 Å². The molecule has 0 heterocycles. The summed E-state index contributed by atoms with van der Waals surface area (Å²) in [5.41, 5.74) is 8.60. The molecule has 1 rings (SSSR count). The van der Waals surface area contributed by atoms with E-state index in [0.29, 0.717) is 12.5 Å². The third-order valence-corrected chi connectivity index (χ3v) is 2.56. The number of hydrogen-bond acceptors (Lipinski definition) is 3. The summed E-state index contributed by atoms with van der Waals surface area (Å²) in [4.78, 5) is 0. The lowest BCUT2D eigenvalue weighted by Gasteiger charge is -2.15. The van der Waals surface area contributed by atoms with Crippen molar-refractivity contribution in [3.05, 3.63) is 23.8 Å². The van der Waals surface area contributed by atoms with Crippen LogP contribution < -0.4 is 11.1 Å². The lowest BCUT2D eigenvalue weighted by molar-refractivity contribution is 0.161. The van der Waals surface area contributed by atoms with Crippen LogP contribution in [-0.2, 0) is 0 Å². The number of aryl methyl sites for hydroxylation is 1. The minimum Gasteiger partial charge on any atom is -0.399 e. The Bertz CT molecular complexity index is 337. The van der Waals surface area contributed by atoms with Gasteiger partial charge in [-0.3, -0.25) is 0 Å². The van der Waals surface area contributed by atoms with Crippen molar-refractivity contribution in [3.63, 3.8) is 0 Å². The predicted octanol–water partition coefficient (Wildman–Crippen LogP) is 2.40. The van der Waals surface area contributed by atoms with Crippen LogP contribution in [0.15, 0.2) is 18.2 Å². The molecule has 90 valence electrons. The van der Waals surface area contributed by atoms with E-state index in [4.69, 9.17) is 5.73 Å². The molecule has 1 aromatic carbocycles. The van der Waals surface area contributed by atoms with Gasteiger partial charge in [-0.25, -0.2) is 0 Å². The minimum absolute atomic E-state index is 0.294. The molecule has 0 spiro atoms. The number of aliphatic hydroxyl groups excluding tert-OH is 1. The Balaban J connectivity index is 2.45. The molecular formula is C13H22N2O. The Kier molecular flexibility index (Phi) is 4.62. The molecule has 1 atom stereocenters. The molecule has 0 saturated carbocycles. The molecule has 0 aromatic heterocycles. The fraction of sp³-hybridized carbons (Fsp3) is 0.538. The zero-order valence-electron chi connectivity index (χ0n) is 10.3. The van der Waals surface area contributed by atoms with E-state index in [-0.39, 0.29) is 6.10 Å². The highest BCUT2D eigenvalue weighted by molar-refractivity contribution is 5.56. The Morgan fingerprint density at radius 3 is 2.62 bits per heavy atom. The van der Waals surface area contributed by atoms with E-state index in [1.54, 1.807) is 0 Å². The van der Waals surface area contributed by atoms with Gasteiger partial charge in [-0.05, 0) is 43.0 Å². The quantitative estimate of drug-likeness (QED) is 0.670. The van der Waals surface area contributed by atoms with E-state index in [1.807, 2.05) is 25.1 Å². The molecular weight excluding hydrogens is 200 g/mol. The third kappa shape index (κ3) is 4.11. The van der Waals surface area contributed by atoms with E-state index in [0.717, 1.165) is 23.4 Å². The van der Waals surface area contributed by atoms with Gasteiger partial charge in [0.15, 0.2) is 0 Å². The van der Waals surface area contributed by atoms with Crippen LogP contribution >= 0.6 is 0 Å². The van der Waals surface area contributed by atoms with Gasteiger partial charge < -0.3 is 16.2 Å². The summed E-state index contributed by atoms with van der Waals surface area (Å²) in [5, 5.41) is 12.9. The van der Waals surface area contributed by atoms with Crippen molar-refractivity contribution < 1.29 is 5.11 Å². The topological polar surface area (TPSA) is 58.3 Å². The molecule has 1 aromatic rings. The van der Waals surface area contributed by atoms with Crippen LogP contribution in [0.3, 0.4) is 0 Å². The first-order valence-electron chi connectivity index (χ1n) is 5.77. The molecule has 3 heteroatoms. The zero-order chi connectivity index (χ0) is 12.1. The number of hydrogen-bond donors (Lipinski definition) is 3. The van der Waals surface area contributed by atoms with Crippen molar-refractivity contribution in [1.29, 1.82) is 0 Å². The molecule has 16 heavy (non-hydrogen) atoms. The highest BCUT2D eigenvalue weighted by atomic mass is 16.3. The molecule has 0 amide bonds. The first-order valence-corrected chi connectivity index (χ1v) is 5.77. The van der Waals surface area contributed by atoms with Gasteiger partial charge in [-0.2, -0.15) is 0 Å². The molecule has 0 aliphatic carbocycles. The largest absolute Gasteiger partial charge is 0.399 e. The molecule has 0 saturated heterocycles. The summed E-state index contributed by atoms with van der Waals surface area (Å²) in [6, 6.07) is 5.81. The van der Waals surface area contributed by atoms with E-state index >= 15 is 0 Å². The Morgan fingerprint density at radius 2 is 2.06 bits per heavy atom. The second-order valence-electron chi connectivity index (χ2n) is 4.74. The van der Waals surface area contributed by atoms with E-state index < -0.39 is 0 Å². The number of rotatable bonds is 5. The van der Waals surface area contributed by atoms with Crippen LogP contribution in [0.5, 0.6) is 0 Å². The highest BCUT2D eigenvalue weighted by Crippen LogP contribution is 2.16. The summed E-state index contributed by atoms with van der Waals surface area (Å²) in [7, 11) is 0. The first-order chi connectivity index (χ1) is 7.49. The smallest absolute Gasteiger partial charge is 0.0715 e. The Morgan fingerprint density at radius 1 is 1.38 bits per heavy atom. The SMILES string of the molecule is Cc1cc(NCC(O)CC(C)C)ccc1N. The maximum atomic E-state index is 9.72. The number of nitrogens with two attached hydrogens (primary N) is 1. The van der Waals surface area contributed by atoms with Gasteiger partial charge in [-0.15, -0.1) is 0 Å². The van der Waals surface area contributed by atoms with E-state index in [2.05, 4.69) is 19.2 Å². The average molecular weight is 222 g/mol. The van der Waals surface area contributed by atoms with Gasteiger partial charge in [0.2, 0.25) is 0 Å².